The standard InChI is InChI=1S/C41H52F3N5O9S.3H2/c1-6-24-19-23(2)9-7-8-10-26-21-40(26,36(52)48-59(54,55)39(5)15-16-39)47-33(50)30-20-27(57-34-29-12-11-25-14-18-56-32(25)28(29)13-17-45-34)22-49(30)35(51)31(24)46-37(53)58-38(3,4)41(42,43)44;;;/h8,10-13,17,23-24,26-27,30-31H,6-7,9,14-16,18-22H2,1-5H3,(H,46,53)(H,47,50)(H,48,52);3*1H/b10-8-;;;/t23-,24+,26+,27+,30-,31-,40+;;;/m0.../s1. The molecule has 2 aliphatic carbocycles. The van der Waals surface area contributed by atoms with Crippen LogP contribution in [-0.2, 0) is 35.6 Å². The molecule has 3 aliphatic heterocycles. The number of halogens is 3. The molecule has 0 spiro atoms. The molecule has 4 heterocycles. The first kappa shape index (κ1) is 42.5. The molecule has 3 fully saturated rings. The van der Waals surface area contributed by atoms with Gasteiger partial charge in [-0.05, 0) is 88.8 Å². The Balaban J connectivity index is 0.00000282. The predicted octanol–water partition coefficient (Wildman–Crippen LogP) is 5.97. The van der Waals surface area contributed by atoms with E-state index >= 15 is 0 Å². The molecule has 7 rings (SSSR count). The van der Waals surface area contributed by atoms with Gasteiger partial charge in [0.05, 0.1) is 17.9 Å². The monoisotopic (exact) mass is 853 g/mol. The molecule has 2 aromatic rings. The first-order valence-corrected chi connectivity index (χ1v) is 21.8. The fraction of sp³-hybridized carbons (Fsp3) is 0.634. The van der Waals surface area contributed by atoms with E-state index in [9.17, 15) is 40.8 Å². The van der Waals surface area contributed by atoms with Gasteiger partial charge in [0.1, 0.15) is 29.5 Å². The van der Waals surface area contributed by atoms with Crippen molar-refractivity contribution < 1.29 is 59.3 Å². The Morgan fingerprint density at radius 2 is 1.88 bits per heavy atom. The number of sulfonamides is 1. The number of amides is 4. The Bertz CT molecular complexity index is 2180. The van der Waals surface area contributed by atoms with Gasteiger partial charge in [-0.2, -0.15) is 13.2 Å². The highest BCUT2D eigenvalue weighted by atomic mass is 32.2. The summed E-state index contributed by atoms with van der Waals surface area (Å²) < 4.78 is 86.2. The number of alkyl halides is 3. The van der Waals surface area contributed by atoms with Gasteiger partial charge in [-0.3, -0.25) is 19.1 Å². The first-order chi connectivity index (χ1) is 27.7. The maximum absolute atomic E-state index is 14.9. The highest BCUT2D eigenvalue weighted by Crippen LogP contribution is 2.48. The Hall–Kier alpha value is -4.61. The lowest BCUT2D eigenvalue weighted by molar-refractivity contribution is -0.244. The van der Waals surface area contributed by atoms with Crippen molar-refractivity contribution >= 4 is 44.6 Å². The van der Waals surface area contributed by atoms with Crippen molar-refractivity contribution in [2.24, 2.45) is 17.8 Å². The van der Waals surface area contributed by atoms with Crippen LogP contribution in [0.4, 0.5) is 18.0 Å². The normalized spacial score (nSPS) is 30.0. The Morgan fingerprint density at radius 1 is 1.14 bits per heavy atom. The fourth-order valence-corrected chi connectivity index (χ4v) is 9.70. The van der Waals surface area contributed by atoms with E-state index in [1.807, 2.05) is 25.1 Å². The number of allylic oxidation sites excluding steroid dienone is 1. The van der Waals surface area contributed by atoms with Gasteiger partial charge in [0.2, 0.25) is 33.3 Å². The van der Waals surface area contributed by atoms with Crippen LogP contribution in [0.15, 0.2) is 36.5 Å². The number of ether oxygens (including phenoxy) is 3. The zero-order valence-corrected chi connectivity index (χ0v) is 34.6. The number of fused-ring (bicyclic) bond motifs is 5. The van der Waals surface area contributed by atoms with Gasteiger partial charge >= 0.3 is 12.3 Å². The van der Waals surface area contributed by atoms with Gasteiger partial charge in [-0.15, -0.1) is 0 Å². The quantitative estimate of drug-likeness (QED) is 0.268. The molecule has 0 radical (unpaired) electrons. The molecule has 7 atom stereocenters. The van der Waals surface area contributed by atoms with Gasteiger partial charge in [0, 0.05) is 40.0 Å². The molecule has 0 bridgehead atoms. The van der Waals surface area contributed by atoms with Gasteiger partial charge in [0.25, 0.3) is 5.91 Å². The number of hydrogen-bond donors (Lipinski definition) is 3. The number of carbonyl (C=O) groups excluding carboxylic acids is 4. The van der Waals surface area contributed by atoms with Crippen molar-refractivity contribution in [2.75, 3.05) is 13.2 Å². The van der Waals surface area contributed by atoms with Crippen molar-refractivity contribution in [3.05, 3.63) is 42.1 Å². The fourth-order valence-electron chi connectivity index (χ4n) is 8.39. The zero-order valence-electron chi connectivity index (χ0n) is 33.8. The van der Waals surface area contributed by atoms with E-state index in [4.69, 9.17) is 14.2 Å². The third-order valence-electron chi connectivity index (χ3n) is 12.7. The minimum absolute atomic E-state index is 0. The number of carbonyl (C=O) groups is 4. The van der Waals surface area contributed by atoms with Crippen LogP contribution in [0.3, 0.4) is 0 Å². The average molecular weight is 854 g/mol. The highest BCUT2D eigenvalue weighted by Gasteiger charge is 2.63. The summed E-state index contributed by atoms with van der Waals surface area (Å²) >= 11 is 0. The molecule has 4 amide bonds. The molecule has 328 valence electrons. The van der Waals surface area contributed by atoms with E-state index in [0.29, 0.717) is 70.1 Å². The maximum Gasteiger partial charge on any atom is 0.427 e. The second-order valence-corrected chi connectivity index (χ2v) is 19.7. The van der Waals surface area contributed by atoms with Crippen LogP contribution in [-0.4, -0.2) is 95.5 Å². The molecule has 5 aliphatic rings. The van der Waals surface area contributed by atoms with Crippen LogP contribution in [0, 0.1) is 17.8 Å². The zero-order chi connectivity index (χ0) is 42.7. The van der Waals surface area contributed by atoms with E-state index in [-0.39, 0.29) is 35.5 Å². The van der Waals surface area contributed by atoms with Crippen LogP contribution >= 0.6 is 0 Å². The molecular formula is C41H58F3N5O9S. The maximum atomic E-state index is 14.9. The number of nitrogens with one attached hydrogen (secondary N) is 3. The van der Waals surface area contributed by atoms with Crippen LogP contribution < -0.4 is 24.8 Å². The number of aromatic nitrogens is 1. The third kappa shape index (κ3) is 8.29. The van der Waals surface area contributed by atoms with Crippen LogP contribution in [0.25, 0.3) is 10.8 Å². The molecule has 1 aromatic carbocycles. The number of nitrogens with zero attached hydrogens (tertiary/aromatic N) is 2. The van der Waals surface area contributed by atoms with Crippen LogP contribution in [0.1, 0.15) is 95.8 Å². The number of alkyl carbamates (subject to hydrolysis) is 1. The SMILES string of the molecule is CC[C@@H]1C[C@@H](C)CC/C=C\[C@@H]2C[C@@]2(C(=O)NS(=O)(=O)C2(C)CC2)NC(=O)[C@@H]2C[C@@H](Oc3nccc4c5c(ccc34)CCO5)CN2C(=O)[C@H]1NC(=O)OC(C)(C)C(F)(F)F.[HH].[HH].[HH]. The predicted molar refractivity (Wildman–Crippen MR) is 215 cm³/mol. The van der Waals surface area contributed by atoms with E-state index in [2.05, 4.69) is 20.3 Å². The lowest BCUT2D eigenvalue weighted by Crippen LogP contribution is -2.60. The molecule has 3 N–H and O–H groups in total. The summed E-state index contributed by atoms with van der Waals surface area (Å²) in [5.41, 5.74) is -3.49. The summed E-state index contributed by atoms with van der Waals surface area (Å²) in [5.74, 6) is -2.62. The molecule has 1 saturated heterocycles. The topological polar surface area (TPSA) is 182 Å². The Labute approximate surface area is 345 Å². The molecule has 1 aromatic heterocycles. The minimum atomic E-state index is -4.91. The summed E-state index contributed by atoms with van der Waals surface area (Å²) in [4.78, 5) is 62.4. The summed E-state index contributed by atoms with van der Waals surface area (Å²) in [6, 6.07) is 2.86. The molecule has 2 saturated carbocycles. The highest BCUT2D eigenvalue weighted by molar-refractivity contribution is 7.91. The number of pyridine rings is 1. The first-order valence-electron chi connectivity index (χ1n) is 20.3. The summed E-state index contributed by atoms with van der Waals surface area (Å²) in [6.45, 7) is 7.05. The third-order valence-corrected chi connectivity index (χ3v) is 14.9. The van der Waals surface area contributed by atoms with Crippen molar-refractivity contribution in [3.63, 3.8) is 0 Å². The smallest absolute Gasteiger partial charge is 0.427 e. The van der Waals surface area contributed by atoms with Gasteiger partial charge < -0.3 is 29.7 Å². The largest absolute Gasteiger partial charge is 0.492 e. The molecule has 18 heteroatoms. The summed E-state index contributed by atoms with van der Waals surface area (Å²) in [5, 5.41) is 6.67. The Morgan fingerprint density at radius 3 is 2.58 bits per heavy atom. The molecule has 14 nitrogen and oxygen atoms in total. The van der Waals surface area contributed by atoms with Crippen molar-refractivity contribution in [2.45, 2.75) is 133 Å². The van der Waals surface area contributed by atoms with Crippen molar-refractivity contribution in [3.8, 4) is 11.6 Å². The van der Waals surface area contributed by atoms with Gasteiger partial charge in [-0.25, -0.2) is 18.2 Å². The van der Waals surface area contributed by atoms with E-state index in [0.717, 1.165) is 17.4 Å². The molecule has 59 heavy (non-hydrogen) atoms. The number of hydrogen-bond acceptors (Lipinski definition) is 10. The lowest BCUT2D eigenvalue weighted by atomic mass is 9.85. The van der Waals surface area contributed by atoms with E-state index in [1.54, 1.807) is 32.2 Å². The Kier molecular flexibility index (Phi) is 11.1. The van der Waals surface area contributed by atoms with Gasteiger partial charge in [-0.1, -0.05) is 38.5 Å². The van der Waals surface area contributed by atoms with E-state index < -0.39 is 85.9 Å². The van der Waals surface area contributed by atoms with Gasteiger partial charge in [0.15, 0.2) is 0 Å². The van der Waals surface area contributed by atoms with Crippen molar-refractivity contribution in [1.29, 1.82) is 0 Å². The van der Waals surface area contributed by atoms with E-state index in [1.165, 1.54) is 4.90 Å². The molecule has 0 unspecified atom stereocenters. The summed E-state index contributed by atoms with van der Waals surface area (Å²) in [6.07, 6.45) is 1.45. The number of benzene rings is 1. The van der Waals surface area contributed by atoms with Crippen molar-refractivity contribution in [1.82, 2.24) is 25.2 Å². The number of rotatable bonds is 8. The lowest BCUT2D eigenvalue weighted by Gasteiger charge is -2.35. The second-order valence-electron chi connectivity index (χ2n) is 17.5. The van der Waals surface area contributed by atoms with Crippen LogP contribution in [0.2, 0.25) is 0 Å². The molecular weight excluding hydrogens is 796 g/mol. The average Bonchev–Trinajstić information content (AvgIpc) is 3.94. The summed E-state index contributed by atoms with van der Waals surface area (Å²) in [7, 11) is -4.08. The second kappa shape index (κ2) is 15.4. The van der Waals surface area contributed by atoms with Crippen LogP contribution in [0.5, 0.6) is 11.6 Å². The minimum Gasteiger partial charge on any atom is -0.492 e.